The molecule has 0 saturated carbocycles. The molecular formula is C33H40ClN7O3Si. The summed E-state index contributed by atoms with van der Waals surface area (Å²) in [5.74, 6) is -0.865. The molecule has 0 saturated heterocycles. The highest BCUT2D eigenvalue weighted by Crippen LogP contribution is 2.44. The van der Waals surface area contributed by atoms with E-state index < -0.39 is 20.1 Å². The number of amides is 2. The minimum absolute atomic E-state index is 0.0861. The minimum atomic E-state index is -1.99. The van der Waals surface area contributed by atoms with Crippen LogP contribution in [0.2, 0.25) is 23.2 Å². The van der Waals surface area contributed by atoms with Gasteiger partial charge in [0.25, 0.3) is 0 Å². The summed E-state index contributed by atoms with van der Waals surface area (Å²) in [5.41, 5.74) is 5.66. The molecule has 2 N–H and O–H groups in total. The quantitative estimate of drug-likeness (QED) is 0.244. The summed E-state index contributed by atoms with van der Waals surface area (Å²) in [7, 11) is 1.11. The van der Waals surface area contributed by atoms with E-state index in [0.29, 0.717) is 59.7 Å². The molecule has 0 radical (unpaired) electrons. The van der Waals surface area contributed by atoms with Gasteiger partial charge in [-0.3, -0.25) is 9.59 Å². The van der Waals surface area contributed by atoms with Crippen molar-refractivity contribution in [2.24, 2.45) is 0 Å². The second-order valence-electron chi connectivity index (χ2n) is 13.8. The van der Waals surface area contributed by atoms with E-state index in [4.69, 9.17) is 21.0 Å². The van der Waals surface area contributed by atoms with E-state index in [9.17, 15) is 14.9 Å². The van der Waals surface area contributed by atoms with Crippen LogP contribution in [-0.4, -0.2) is 68.8 Å². The number of halogens is 1. The molecule has 3 heterocycles. The highest BCUT2D eigenvalue weighted by Gasteiger charge is 2.42. The Labute approximate surface area is 270 Å². The molecule has 0 spiro atoms. The lowest BCUT2D eigenvalue weighted by Gasteiger charge is -2.39. The SMILES string of the molecule is CN(C)C(=O)C(=O)N1CCc2c(Nc3nccc(-c4cc(C#N)c5c(c4)[C@@](C)(CO[Si](C)(C)C(C)(C)C)CN5)n3)cc(Cl)cc21. The summed E-state index contributed by atoms with van der Waals surface area (Å²) in [6.45, 7) is 15.0. The maximum atomic E-state index is 12.9. The number of anilines is 4. The van der Waals surface area contributed by atoms with Gasteiger partial charge in [-0.2, -0.15) is 5.26 Å². The number of carbonyl (C=O) groups excluding carboxylic acids is 2. The first kappa shape index (κ1) is 32.4. The van der Waals surface area contributed by atoms with Gasteiger partial charge < -0.3 is 24.9 Å². The zero-order valence-electron chi connectivity index (χ0n) is 27.1. The molecule has 236 valence electrons. The lowest BCUT2D eigenvalue weighted by atomic mass is 9.83. The van der Waals surface area contributed by atoms with Crippen LogP contribution in [0.3, 0.4) is 0 Å². The number of benzene rings is 2. The van der Waals surface area contributed by atoms with Crippen molar-refractivity contribution in [3.05, 3.63) is 58.2 Å². The lowest BCUT2D eigenvalue weighted by molar-refractivity contribution is -0.142. The van der Waals surface area contributed by atoms with Crippen LogP contribution >= 0.6 is 11.6 Å². The average Bonchev–Trinajstić information content (AvgIpc) is 3.56. The van der Waals surface area contributed by atoms with Gasteiger partial charge >= 0.3 is 11.8 Å². The first-order chi connectivity index (χ1) is 21.0. The van der Waals surface area contributed by atoms with E-state index in [2.05, 4.69) is 68.5 Å². The van der Waals surface area contributed by atoms with Crippen molar-refractivity contribution in [2.75, 3.05) is 49.3 Å². The number of fused-ring (bicyclic) bond motifs is 2. The van der Waals surface area contributed by atoms with Gasteiger partial charge in [-0.05, 0) is 60.4 Å². The molecule has 10 nitrogen and oxygen atoms in total. The number of hydrogen-bond donors (Lipinski definition) is 2. The Hall–Kier alpha value is -3.98. The third-order valence-electron chi connectivity index (χ3n) is 9.22. The second kappa shape index (κ2) is 11.7. The van der Waals surface area contributed by atoms with Crippen molar-refractivity contribution in [1.82, 2.24) is 14.9 Å². The first-order valence-electron chi connectivity index (χ1n) is 15.0. The number of aromatic nitrogens is 2. The Bertz CT molecular complexity index is 1730. The predicted octanol–water partition coefficient (Wildman–Crippen LogP) is 6.09. The van der Waals surface area contributed by atoms with E-state index in [-0.39, 0.29) is 10.5 Å². The standard InChI is InChI=1S/C33H40ClN7O3Si/c1-32(2,3)45(7,8)44-19-33(4)18-37-28-21(17-35)13-20(14-24(28)33)25-9-11-36-31(38-25)39-26-15-22(34)16-27-23(26)10-12-41(27)30(43)29(42)40(5)6/h9,11,13-16,37H,10,12,18-19H2,1-8H3,(H,36,38,39)/t33-/m1/s1. The molecule has 1 atom stereocenters. The monoisotopic (exact) mass is 645 g/mol. The summed E-state index contributed by atoms with van der Waals surface area (Å²) < 4.78 is 6.66. The molecule has 0 aliphatic carbocycles. The number of rotatable bonds is 6. The van der Waals surface area contributed by atoms with Crippen LogP contribution in [0.5, 0.6) is 0 Å². The van der Waals surface area contributed by atoms with Crippen LogP contribution in [0.4, 0.5) is 23.0 Å². The number of nitrogens with one attached hydrogen (secondary N) is 2. The lowest BCUT2D eigenvalue weighted by Crippen LogP contribution is -2.45. The van der Waals surface area contributed by atoms with Crippen LogP contribution in [0.1, 0.15) is 44.4 Å². The first-order valence-corrected chi connectivity index (χ1v) is 18.3. The molecule has 2 amide bonds. The fourth-order valence-corrected chi connectivity index (χ4v) is 6.73. The fraction of sp³-hybridized carbons (Fsp3) is 0.424. The topological polar surface area (TPSA) is 123 Å². The molecule has 2 aliphatic rings. The highest BCUT2D eigenvalue weighted by molar-refractivity contribution is 6.74. The second-order valence-corrected chi connectivity index (χ2v) is 19.0. The summed E-state index contributed by atoms with van der Waals surface area (Å²) in [4.78, 5) is 37.2. The minimum Gasteiger partial charge on any atom is -0.416 e. The largest absolute Gasteiger partial charge is 0.416 e. The molecule has 12 heteroatoms. The van der Waals surface area contributed by atoms with Gasteiger partial charge in [-0.25, -0.2) is 9.97 Å². The van der Waals surface area contributed by atoms with Crippen molar-refractivity contribution < 1.29 is 14.0 Å². The van der Waals surface area contributed by atoms with Gasteiger partial charge in [-0.1, -0.05) is 39.3 Å². The number of likely N-dealkylation sites (N-methyl/N-ethyl adjacent to an activating group) is 1. The van der Waals surface area contributed by atoms with Crippen molar-refractivity contribution >= 4 is 54.7 Å². The highest BCUT2D eigenvalue weighted by atomic mass is 35.5. The predicted molar refractivity (Wildman–Crippen MR) is 181 cm³/mol. The molecule has 0 unspecified atom stereocenters. The van der Waals surface area contributed by atoms with Crippen molar-refractivity contribution in [3.8, 4) is 17.3 Å². The zero-order valence-corrected chi connectivity index (χ0v) is 28.9. The smallest absolute Gasteiger partial charge is 0.316 e. The van der Waals surface area contributed by atoms with E-state index in [1.54, 1.807) is 32.4 Å². The van der Waals surface area contributed by atoms with E-state index in [0.717, 1.165) is 22.4 Å². The third-order valence-corrected chi connectivity index (χ3v) is 13.9. The molecule has 2 aromatic carbocycles. The van der Waals surface area contributed by atoms with Crippen molar-refractivity contribution in [1.29, 1.82) is 5.26 Å². The van der Waals surface area contributed by atoms with Crippen molar-refractivity contribution in [2.45, 2.75) is 57.7 Å². The maximum absolute atomic E-state index is 12.9. The molecule has 2 aliphatic heterocycles. The number of carbonyl (C=O) groups is 2. The Morgan fingerprint density at radius 3 is 2.64 bits per heavy atom. The summed E-state index contributed by atoms with van der Waals surface area (Å²) in [6, 6.07) is 11.6. The maximum Gasteiger partial charge on any atom is 0.316 e. The fourth-order valence-electron chi connectivity index (χ4n) is 5.41. The van der Waals surface area contributed by atoms with Gasteiger partial charge in [0.2, 0.25) is 5.95 Å². The van der Waals surface area contributed by atoms with Crippen LogP contribution in [-0.2, 0) is 25.9 Å². The van der Waals surface area contributed by atoms with E-state index >= 15 is 0 Å². The molecule has 0 bridgehead atoms. The normalized spacial score (nSPS) is 17.3. The van der Waals surface area contributed by atoms with Crippen molar-refractivity contribution in [3.63, 3.8) is 0 Å². The van der Waals surface area contributed by atoms with Gasteiger partial charge in [0.1, 0.15) is 6.07 Å². The molecule has 45 heavy (non-hydrogen) atoms. The third kappa shape index (κ3) is 6.14. The molecule has 0 fully saturated rings. The van der Waals surface area contributed by atoms with Crippen LogP contribution in [0.15, 0.2) is 36.5 Å². The Morgan fingerprint density at radius 1 is 1.24 bits per heavy atom. The van der Waals surface area contributed by atoms with E-state index in [1.165, 1.54) is 9.80 Å². The molecule has 5 rings (SSSR count). The Balaban J connectivity index is 1.46. The number of hydrogen-bond acceptors (Lipinski definition) is 8. The van der Waals surface area contributed by atoms with Gasteiger partial charge in [0.05, 0.1) is 22.6 Å². The Morgan fingerprint density at radius 2 is 1.98 bits per heavy atom. The Kier molecular flexibility index (Phi) is 8.46. The van der Waals surface area contributed by atoms with Gasteiger partial charge in [0, 0.05) is 67.2 Å². The average molecular weight is 646 g/mol. The number of nitrogens with zero attached hydrogens (tertiary/aromatic N) is 5. The molecule has 1 aromatic heterocycles. The van der Waals surface area contributed by atoms with Crippen LogP contribution in [0, 0.1) is 11.3 Å². The molecular weight excluding hydrogens is 606 g/mol. The van der Waals surface area contributed by atoms with Crippen LogP contribution in [0.25, 0.3) is 11.3 Å². The summed E-state index contributed by atoms with van der Waals surface area (Å²) in [6.07, 6.45) is 2.21. The number of nitriles is 1. The van der Waals surface area contributed by atoms with Gasteiger partial charge in [-0.15, -0.1) is 0 Å². The van der Waals surface area contributed by atoms with E-state index in [1.807, 2.05) is 12.1 Å². The zero-order chi connectivity index (χ0) is 32.9. The van der Waals surface area contributed by atoms with Crippen LogP contribution < -0.4 is 15.5 Å². The summed E-state index contributed by atoms with van der Waals surface area (Å²) in [5, 5.41) is 17.3. The summed E-state index contributed by atoms with van der Waals surface area (Å²) >= 11 is 6.47. The molecule has 3 aromatic rings. The van der Waals surface area contributed by atoms with Gasteiger partial charge in [0.15, 0.2) is 8.32 Å².